The van der Waals surface area contributed by atoms with Crippen LogP contribution >= 0.6 is 0 Å². The summed E-state index contributed by atoms with van der Waals surface area (Å²) in [6.07, 6.45) is -0.226. The van der Waals surface area contributed by atoms with E-state index in [0.717, 1.165) is 18.4 Å². The molecule has 1 aromatic carbocycles. The number of hydrogen-bond acceptors (Lipinski definition) is 8. The third-order valence-electron chi connectivity index (χ3n) is 8.17. The molecule has 10 unspecified atom stereocenters. The third-order valence-corrected chi connectivity index (χ3v) is 8.17. The number of carbonyl (C=O) groups excluding carboxylic acids is 1. The third kappa shape index (κ3) is 6.29. The Morgan fingerprint density at radius 3 is 2.25 bits per heavy atom. The van der Waals surface area contributed by atoms with Crippen LogP contribution in [0.5, 0.6) is 0 Å². The van der Waals surface area contributed by atoms with Gasteiger partial charge in [0, 0.05) is 20.1 Å². The smallest absolute Gasteiger partial charge is 0.314 e. The number of hydrogen-bond donors (Lipinski definition) is 3. The van der Waals surface area contributed by atoms with Gasteiger partial charge in [0.1, 0.15) is 18.1 Å². The molecule has 36 heavy (non-hydrogen) atoms. The Hall–Kier alpha value is -1.55. The summed E-state index contributed by atoms with van der Waals surface area (Å²) in [5, 5.41) is 33.6. The van der Waals surface area contributed by atoms with E-state index in [4.69, 9.17) is 18.9 Å². The summed E-state index contributed by atoms with van der Waals surface area (Å²) < 4.78 is 23.3. The van der Waals surface area contributed by atoms with Crippen molar-refractivity contribution in [2.75, 3.05) is 14.2 Å². The van der Waals surface area contributed by atoms with Gasteiger partial charge in [0.25, 0.3) is 0 Å². The SMILES string of the molecule is COC1CCCCC(c2ccccc2)OC(=O)C(C)C2(O)OC(C(C)CCC1O)C(C)C(O)C2OC. The maximum Gasteiger partial charge on any atom is 0.314 e. The summed E-state index contributed by atoms with van der Waals surface area (Å²) in [7, 11) is 3.00. The molecule has 0 saturated carbocycles. The highest BCUT2D eigenvalue weighted by atomic mass is 16.7. The van der Waals surface area contributed by atoms with Gasteiger partial charge < -0.3 is 34.3 Å². The van der Waals surface area contributed by atoms with E-state index in [1.807, 2.05) is 44.2 Å². The molecule has 2 aliphatic rings. The first kappa shape index (κ1) is 29.0. The van der Waals surface area contributed by atoms with Crippen molar-refractivity contribution in [3.63, 3.8) is 0 Å². The van der Waals surface area contributed by atoms with Crippen molar-refractivity contribution >= 4 is 5.97 Å². The number of fused-ring (bicyclic) bond motifs is 2. The van der Waals surface area contributed by atoms with Crippen LogP contribution in [0.25, 0.3) is 0 Å². The predicted octanol–water partition coefficient (Wildman–Crippen LogP) is 3.37. The number of carbonyl (C=O) groups is 1. The summed E-state index contributed by atoms with van der Waals surface area (Å²) in [6, 6.07) is 9.52. The molecule has 10 atom stereocenters. The lowest BCUT2D eigenvalue weighted by molar-refractivity contribution is -0.362. The molecule has 1 aromatic rings. The first-order valence-electron chi connectivity index (χ1n) is 13.2. The molecular weight excluding hydrogens is 464 g/mol. The van der Waals surface area contributed by atoms with Gasteiger partial charge in [-0.15, -0.1) is 0 Å². The van der Waals surface area contributed by atoms with Gasteiger partial charge in [0.15, 0.2) is 0 Å². The quantitative estimate of drug-likeness (QED) is 0.533. The molecule has 8 heteroatoms. The summed E-state index contributed by atoms with van der Waals surface area (Å²) in [4.78, 5) is 13.4. The van der Waals surface area contributed by atoms with Crippen LogP contribution < -0.4 is 0 Å². The lowest BCUT2D eigenvalue weighted by atomic mass is 9.77. The monoisotopic (exact) mass is 508 g/mol. The molecule has 2 bridgehead atoms. The molecule has 2 heterocycles. The van der Waals surface area contributed by atoms with Crippen LogP contribution in [-0.2, 0) is 23.7 Å². The van der Waals surface area contributed by atoms with Crippen molar-refractivity contribution in [1.82, 2.24) is 0 Å². The Morgan fingerprint density at radius 1 is 0.944 bits per heavy atom. The highest BCUT2D eigenvalue weighted by Gasteiger charge is 2.58. The zero-order valence-corrected chi connectivity index (χ0v) is 22.2. The lowest BCUT2D eigenvalue weighted by Crippen LogP contribution is -2.67. The first-order valence-corrected chi connectivity index (χ1v) is 13.2. The normalized spacial score (nSPS) is 41.4. The molecule has 0 aromatic heterocycles. The van der Waals surface area contributed by atoms with Gasteiger partial charge in [-0.3, -0.25) is 4.79 Å². The summed E-state index contributed by atoms with van der Waals surface area (Å²) in [5.41, 5.74) is 0.863. The van der Waals surface area contributed by atoms with Gasteiger partial charge in [-0.2, -0.15) is 0 Å². The highest BCUT2D eigenvalue weighted by molar-refractivity contribution is 5.73. The van der Waals surface area contributed by atoms with Crippen molar-refractivity contribution in [1.29, 1.82) is 0 Å². The maximum absolute atomic E-state index is 13.4. The second-order valence-electron chi connectivity index (χ2n) is 10.6. The Morgan fingerprint density at radius 2 is 1.61 bits per heavy atom. The Bertz CT molecular complexity index is 819. The molecule has 2 aliphatic heterocycles. The molecule has 3 rings (SSSR count). The zero-order chi connectivity index (χ0) is 26.5. The van der Waals surface area contributed by atoms with Gasteiger partial charge >= 0.3 is 5.97 Å². The van der Waals surface area contributed by atoms with Crippen LogP contribution in [0.2, 0.25) is 0 Å². The average molecular weight is 509 g/mol. The van der Waals surface area contributed by atoms with E-state index in [1.165, 1.54) is 7.11 Å². The van der Waals surface area contributed by atoms with Crippen LogP contribution in [0, 0.1) is 17.8 Å². The van der Waals surface area contributed by atoms with Crippen LogP contribution in [0.3, 0.4) is 0 Å². The molecule has 8 nitrogen and oxygen atoms in total. The van der Waals surface area contributed by atoms with E-state index in [-0.39, 0.29) is 17.9 Å². The topological polar surface area (TPSA) is 115 Å². The zero-order valence-electron chi connectivity index (χ0n) is 22.2. The second-order valence-corrected chi connectivity index (χ2v) is 10.6. The van der Waals surface area contributed by atoms with Crippen LogP contribution in [0.15, 0.2) is 30.3 Å². The summed E-state index contributed by atoms with van der Waals surface area (Å²) in [6.45, 7) is 5.36. The Labute approximate surface area is 214 Å². The van der Waals surface area contributed by atoms with E-state index in [9.17, 15) is 20.1 Å². The number of rotatable bonds is 3. The van der Waals surface area contributed by atoms with Crippen LogP contribution in [-0.4, -0.2) is 71.8 Å². The van der Waals surface area contributed by atoms with Crippen molar-refractivity contribution in [3.05, 3.63) is 35.9 Å². The minimum absolute atomic E-state index is 0.112. The Kier molecular flexibility index (Phi) is 10.3. The van der Waals surface area contributed by atoms with Gasteiger partial charge in [-0.1, -0.05) is 50.6 Å². The van der Waals surface area contributed by atoms with Crippen LogP contribution in [0.1, 0.15) is 71.0 Å². The fourth-order valence-corrected chi connectivity index (χ4v) is 5.70. The average Bonchev–Trinajstić information content (AvgIpc) is 2.88. The standard InChI is InChI=1S/C28H44O8/c1-17-15-16-21(29)23(33-4)14-10-9-13-22(20-11-7-6-8-12-20)35-27(31)19(3)28(32)26(34-5)24(30)18(2)25(17)36-28/h6-8,11-12,17-19,21-26,29-30,32H,9-10,13-16H2,1-5H3. The molecule has 2 saturated heterocycles. The van der Waals surface area contributed by atoms with E-state index in [2.05, 4.69) is 0 Å². The molecular formula is C28H44O8. The molecule has 0 amide bonds. The van der Waals surface area contributed by atoms with E-state index >= 15 is 0 Å². The Balaban J connectivity index is 1.95. The number of aliphatic hydroxyl groups excluding tert-OH is 2. The van der Waals surface area contributed by atoms with E-state index in [0.29, 0.717) is 25.7 Å². The van der Waals surface area contributed by atoms with Crippen molar-refractivity contribution in [2.45, 2.75) is 102 Å². The molecule has 2 fully saturated rings. The molecule has 3 N–H and O–H groups in total. The second kappa shape index (κ2) is 12.8. The number of esters is 1. The van der Waals surface area contributed by atoms with Crippen molar-refractivity contribution in [2.24, 2.45) is 17.8 Å². The number of benzene rings is 1. The number of ether oxygens (including phenoxy) is 4. The minimum Gasteiger partial charge on any atom is -0.457 e. The minimum atomic E-state index is -2.08. The van der Waals surface area contributed by atoms with Gasteiger partial charge in [0.05, 0.1) is 24.4 Å². The number of methoxy groups -OCH3 is 2. The summed E-state index contributed by atoms with van der Waals surface area (Å²) >= 11 is 0. The highest BCUT2D eigenvalue weighted by Crippen LogP contribution is 2.42. The molecule has 0 aliphatic carbocycles. The predicted molar refractivity (Wildman–Crippen MR) is 134 cm³/mol. The fraction of sp³-hybridized carbons (Fsp3) is 0.750. The van der Waals surface area contributed by atoms with Gasteiger partial charge in [-0.25, -0.2) is 0 Å². The van der Waals surface area contributed by atoms with Crippen LogP contribution in [0.4, 0.5) is 0 Å². The number of aliphatic hydroxyl groups is 3. The van der Waals surface area contributed by atoms with Crippen molar-refractivity contribution < 1.29 is 39.1 Å². The maximum atomic E-state index is 13.4. The fourth-order valence-electron chi connectivity index (χ4n) is 5.70. The van der Waals surface area contributed by atoms with Crippen molar-refractivity contribution in [3.8, 4) is 0 Å². The van der Waals surface area contributed by atoms with Gasteiger partial charge in [-0.05, 0) is 50.5 Å². The number of cyclic esters (lactones) is 1. The van der Waals surface area contributed by atoms with Gasteiger partial charge in [0.2, 0.25) is 5.79 Å². The first-order chi connectivity index (χ1) is 17.1. The molecule has 204 valence electrons. The summed E-state index contributed by atoms with van der Waals surface area (Å²) in [5.74, 6) is -4.28. The largest absolute Gasteiger partial charge is 0.457 e. The molecule has 0 spiro atoms. The van der Waals surface area contributed by atoms with E-state index in [1.54, 1.807) is 14.0 Å². The molecule has 0 radical (unpaired) electrons. The van der Waals surface area contributed by atoms with E-state index < -0.39 is 48.2 Å². The lowest BCUT2D eigenvalue weighted by Gasteiger charge is -2.51.